The van der Waals surface area contributed by atoms with Gasteiger partial charge in [-0.15, -0.1) is 0 Å². The van der Waals surface area contributed by atoms with E-state index < -0.39 is 23.7 Å². The van der Waals surface area contributed by atoms with Gasteiger partial charge < -0.3 is 19.6 Å². The molecule has 8 nitrogen and oxygen atoms in total. The number of nitrogens with zero attached hydrogens (tertiary/aromatic N) is 4. The fourth-order valence-corrected chi connectivity index (χ4v) is 2.42. The second-order valence-electron chi connectivity index (χ2n) is 6.44. The Morgan fingerprint density at radius 1 is 1.26 bits per heavy atom. The second-order valence-corrected chi connectivity index (χ2v) is 6.44. The Kier molecular flexibility index (Phi) is 4.72. The highest BCUT2D eigenvalue weighted by Gasteiger charge is 2.37. The zero-order valence-electron chi connectivity index (χ0n) is 13.8. The van der Waals surface area contributed by atoms with Gasteiger partial charge >= 0.3 is 12.1 Å². The molecule has 1 atom stereocenters. The molecule has 0 bridgehead atoms. The Morgan fingerprint density at radius 2 is 1.91 bits per heavy atom. The first-order valence-corrected chi connectivity index (χ1v) is 7.44. The van der Waals surface area contributed by atoms with E-state index in [-0.39, 0.29) is 6.54 Å². The van der Waals surface area contributed by atoms with Crippen LogP contribution in [0.15, 0.2) is 12.4 Å². The van der Waals surface area contributed by atoms with Gasteiger partial charge in [0.2, 0.25) is 0 Å². The van der Waals surface area contributed by atoms with Crippen molar-refractivity contribution in [1.82, 2.24) is 14.9 Å². The number of amides is 1. The molecule has 0 radical (unpaired) electrons. The van der Waals surface area contributed by atoms with Gasteiger partial charge in [-0.1, -0.05) is 0 Å². The molecule has 1 saturated heterocycles. The molecule has 0 spiro atoms. The van der Waals surface area contributed by atoms with Crippen molar-refractivity contribution in [3.05, 3.63) is 18.1 Å². The third-order valence-electron chi connectivity index (χ3n) is 3.44. The molecule has 0 saturated carbocycles. The summed E-state index contributed by atoms with van der Waals surface area (Å²) in [5.41, 5.74) is 0.0403. The first-order chi connectivity index (χ1) is 10.7. The summed E-state index contributed by atoms with van der Waals surface area (Å²) in [7, 11) is 0. The number of aliphatic carboxylic acids is 1. The number of aryl methyl sites for hydroxylation is 1. The summed E-state index contributed by atoms with van der Waals surface area (Å²) in [5, 5.41) is 9.52. The monoisotopic (exact) mass is 322 g/mol. The molecule has 23 heavy (non-hydrogen) atoms. The molecule has 2 heterocycles. The van der Waals surface area contributed by atoms with Gasteiger partial charge in [-0.3, -0.25) is 4.98 Å². The molecule has 1 aromatic heterocycles. The molecule has 1 amide bonds. The van der Waals surface area contributed by atoms with Crippen LogP contribution in [0.1, 0.15) is 26.5 Å². The van der Waals surface area contributed by atoms with E-state index in [9.17, 15) is 14.7 Å². The maximum Gasteiger partial charge on any atom is 0.410 e. The number of carboxylic acids is 1. The van der Waals surface area contributed by atoms with Crippen LogP contribution in [0.4, 0.5) is 10.6 Å². The smallest absolute Gasteiger partial charge is 0.410 e. The second kappa shape index (κ2) is 6.39. The highest BCUT2D eigenvalue weighted by molar-refractivity contribution is 5.80. The summed E-state index contributed by atoms with van der Waals surface area (Å²) in [6, 6.07) is -0.883. The van der Waals surface area contributed by atoms with Crippen LogP contribution in [0.5, 0.6) is 0 Å². The molecular formula is C15H22N4O4. The Hall–Kier alpha value is -2.38. The zero-order chi connectivity index (χ0) is 17.2. The third kappa shape index (κ3) is 4.08. The van der Waals surface area contributed by atoms with Crippen LogP contribution < -0.4 is 4.90 Å². The lowest BCUT2D eigenvalue weighted by Gasteiger charge is -2.40. The van der Waals surface area contributed by atoms with Gasteiger partial charge in [-0.05, 0) is 27.7 Å². The van der Waals surface area contributed by atoms with Crippen LogP contribution in [-0.2, 0) is 9.53 Å². The van der Waals surface area contributed by atoms with Gasteiger partial charge in [0.25, 0.3) is 0 Å². The summed E-state index contributed by atoms with van der Waals surface area (Å²) in [4.78, 5) is 35.3. The minimum absolute atomic E-state index is 0.0419. The normalized spacial score (nSPS) is 18.7. The number of carboxylic acid groups (broad SMARTS) is 1. The lowest BCUT2D eigenvalue weighted by Crippen LogP contribution is -2.59. The highest BCUT2D eigenvalue weighted by Crippen LogP contribution is 2.22. The number of rotatable bonds is 2. The van der Waals surface area contributed by atoms with Crippen molar-refractivity contribution < 1.29 is 19.4 Å². The molecule has 126 valence electrons. The number of hydrogen-bond donors (Lipinski definition) is 1. The lowest BCUT2D eigenvalue weighted by atomic mass is 10.1. The van der Waals surface area contributed by atoms with Gasteiger partial charge in [-0.2, -0.15) is 0 Å². The highest BCUT2D eigenvalue weighted by atomic mass is 16.6. The average molecular weight is 322 g/mol. The van der Waals surface area contributed by atoms with Crippen molar-refractivity contribution in [2.24, 2.45) is 0 Å². The van der Waals surface area contributed by atoms with Crippen molar-refractivity contribution in [1.29, 1.82) is 0 Å². The van der Waals surface area contributed by atoms with E-state index >= 15 is 0 Å². The molecule has 1 aromatic rings. The summed E-state index contributed by atoms with van der Waals surface area (Å²) in [6.45, 7) is 7.88. The van der Waals surface area contributed by atoms with Gasteiger partial charge in [0.05, 0.1) is 12.2 Å². The summed E-state index contributed by atoms with van der Waals surface area (Å²) < 4.78 is 5.32. The number of piperazine rings is 1. The molecule has 1 N–H and O–H groups in total. The number of anilines is 1. The fourth-order valence-electron chi connectivity index (χ4n) is 2.42. The minimum Gasteiger partial charge on any atom is -0.480 e. The van der Waals surface area contributed by atoms with Gasteiger partial charge in [-0.25, -0.2) is 14.6 Å². The van der Waals surface area contributed by atoms with E-state index in [0.29, 0.717) is 24.6 Å². The molecule has 1 aliphatic rings. The minimum atomic E-state index is -1.01. The van der Waals surface area contributed by atoms with Crippen LogP contribution in [0.2, 0.25) is 0 Å². The Balaban J connectivity index is 2.17. The predicted octanol–water partition coefficient (Wildman–Crippen LogP) is 1.30. The van der Waals surface area contributed by atoms with Crippen LogP contribution in [0.3, 0.4) is 0 Å². The number of aromatic nitrogens is 2. The predicted molar refractivity (Wildman–Crippen MR) is 83.3 cm³/mol. The first-order valence-electron chi connectivity index (χ1n) is 7.44. The maximum atomic E-state index is 12.2. The van der Waals surface area contributed by atoms with Crippen LogP contribution in [-0.4, -0.2) is 63.3 Å². The largest absolute Gasteiger partial charge is 0.480 e. The Morgan fingerprint density at radius 3 is 2.48 bits per heavy atom. The molecular weight excluding hydrogens is 300 g/mol. The van der Waals surface area contributed by atoms with Crippen LogP contribution >= 0.6 is 0 Å². The van der Waals surface area contributed by atoms with Crippen molar-refractivity contribution in [2.45, 2.75) is 39.3 Å². The zero-order valence-corrected chi connectivity index (χ0v) is 13.8. The van der Waals surface area contributed by atoms with Gasteiger partial charge in [0.15, 0.2) is 5.82 Å². The first kappa shape index (κ1) is 17.0. The number of hydrogen-bond acceptors (Lipinski definition) is 6. The van der Waals surface area contributed by atoms with Crippen molar-refractivity contribution in [3.63, 3.8) is 0 Å². The van der Waals surface area contributed by atoms with E-state index in [1.165, 1.54) is 11.1 Å². The summed E-state index contributed by atoms with van der Waals surface area (Å²) in [6.07, 6.45) is 2.59. The standard InChI is InChI=1S/C15H22N4O4/c1-10-12(17-6-5-16-10)19-8-7-18(9-11(19)13(20)21)14(22)23-15(2,3)4/h5-6,11H,7-9H2,1-4H3,(H,20,21)/t11-/m1/s1. The van der Waals surface area contributed by atoms with Crippen LogP contribution in [0, 0.1) is 6.92 Å². The molecule has 2 rings (SSSR count). The summed E-state index contributed by atoms with van der Waals surface area (Å²) >= 11 is 0. The van der Waals surface area contributed by atoms with Crippen LogP contribution in [0.25, 0.3) is 0 Å². The van der Waals surface area contributed by atoms with Crippen molar-refractivity contribution in [2.75, 3.05) is 24.5 Å². The Bertz CT molecular complexity index is 599. The van der Waals surface area contributed by atoms with Crippen molar-refractivity contribution in [3.8, 4) is 0 Å². The van der Waals surface area contributed by atoms with Gasteiger partial charge in [0.1, 0.15) is 11.6 Å². The number of carbonyl (C=O) groups is 2. The van der Waals surface area contributed by atoms with E-state index in [1.54, 1.807) is 38.8 Å². The molecule has 0 aromatic carbocycles. The molecule has 1 fully saturated rings. The van der Waals surface area contributed by atoms with E-state index in [2.05, 4.69) is 9.97 Å². The fraction of sp³-hybridized carbons (Fsp3) is 0.600. The third-order valence-corrected chi connectivity index (χ3v) is 3.44. The average Bonchev–Trinajstić information content (AvgIpc) is 2.45. The molecule has 1 aliphatic heterocycles. The van der Waals surface area contributed by atoms with E-state index in [4.69, 9.17) is 4.74 Å². The lowest BCUT2D eigenvalue weighted by molar-refractivity contribution is -0.139. The van der Waals surface area contributed by atoms with E-state index in [1.807, 2.05) is 0 Å². The molecule has 0 unspecified atom stereocenters. The van der Waals surface area contributed by atoms with E-state index in [0.717, 1.165) is 0 Å². The van der Waals surface area contributed by atoms with Gasteiger partial charge in [0, 0.05) is 25.5 Å². The maximum absolute atomic E-state index is 12.2. The quantitative estimate of drug-likeness (QED) is 0.876. The molecule has 8 heteroatoms. The van der Waals surface area contributed by atoms with Crippen molar-refractivity contribution >= 4 is 17.9 Å². The topological polar surface area (TPSA) is 95.9 Å². The number of carbonyl (C=O) groups excluding carboxylic acids is 1. The Labute approximate surface area is 135 Å². The number of ether oxygens (including phenoxy) is 1. The summed E-state index contributed by atoms with van der Waals surface area (Å²) in [5.74, 6) is -0.480. The SMILES string of the molecule is Cc1nccnc1N1CCN(C(=O)OC(C)(C)C)C[C@@H]1C(=O)O. The molecule has 0 aliphatic carbocycles.